The van der Waals surface area contributed by atoms with Gasteiger partial charge in [0.2, 0.25) is 5.91 Å². The molecule has 4 aromatic rings. The summed E-state index contributed by atoms with van der Waals surface area (Å²) < 4.78 is 25.9. The van der Waals surface area contributed by atoms with Gasteiger partial charge in [-0.3, -0.25) is 4.79 Å². The van der Waals surface area contributed by atoms with Gasteiger partial charge in [-0.25, -0.2) is 8.42 Å². The summed E-state index contributed by atoms with van der Waals surface area (Å²) in [6.07, 6.45) is 1.18. The van der Waals surface area contributed by atoms with Crippen molar-refractivity contribution in [2.45, 2.75) is 18.0 Å². The Morgan fingerprint density at radius 2 is 1.76 bits per heavy atom. The minimum Gasteiger partial charge on any atom is -0.392 e. The standard InChI is InChI=1S/C22H20N2O4S/c1-29(27,28)16-5-2-4-14(10-16)12-24-19-7-3-6-18(22(23)26)21(19)17-9-8-15(13-25)11-20(17)24/h2-11,25H,12-13H2,1H3,(H2,23,26). The molecule has 6 nitrogen and oxygen atoms in total. The molecule has 0 saturated carbocycles. The molecule has 1 heterocycles. The zero-order chi connectivity index (χ0) is 20.8. The van der Waals surface area contributed by atoms with Gasteiger partial charge in [0.1, 0.15) is 0 Å². The number of aromatic nitrogens is 1. The molecule has 148 valence electrons. The van der Waals surface area contributed by atoms with Gasteiger partial charge < -0.3 is 15.4 Å². The second-order valence-corrected chi connectivity index (χ2v) is 9.10. The minimum absolute atomic E-state index is 0.107. The van der Waals surface area contributed by atoms with Crippen molar-refractivity contribution in [2.75, 3.05) is 6.26 Å². The zero-order valence-electron chi connectivity index (χ0n) is 15.8. The van der Waals surface area contributed by atoms with Crippen molar-refractivity contribution >= 4 is 37.6 Å². The number of benzene rings is 3. The lowest BCUT2D eigenvalue weighted by atomic mass is 10.0. The van der Waals surface area contributed by atoms with Gasteiger partial charge in [0, 0.05) is 34.7 Å². The molecule has 1 amide bonds. The number of sulfone groups is 1. The van der Waals surface area contributed by atoms with Crippen molar-refractivity contribution < 1.29 is 18.3 Å². The van der Waals surface area contributed by atoms with Gasteiger partial charge in [-0.15, -0.1) is 0 Å². The molecular weight excluding hydrogens is 388 g/mol. The zero-order valence-corrected chi connectivity index (χ0v) is 16.6. The van der Waals surface area contributed by atoms with Crippen LogP contribution in [0.2, 0.25) is 0 Å². The average Bonchev–Trinajstić information content (AvgIpc) is 3.00. The number of amides is 1. The molecular formula is C22H20N2O4S. The first-order valence-electron chi connectivity index (χ1n) is 9.03. The topological polar surface area (TPSA) is 102 Å². The summed E-state index contributed by atoms with van der Waals surface area (Å²) in [4.78, 5) is 12.3. The largest absolute Gasteiger partial charge is 0.392 e. The van der Waals surface area contributed by atoms with Gasteiger partial charge >= 0.3 is 0 Å². The monoisotopic (exact) mass is 408 g/mol. The van der Waals surface area contributed by atoms with Gasteiger partial charge in [-0.1, -0.05) is 30.3 Å². The van der Waals surface area contributed by atoms with Crippen molar-refractivity contribution in [3.63, 3.8) is 0 Å². The van der Waals surface area contributed by atoms with Crippen LogP contribution >= 0.6 is 0 Å². The predicted octanol–water partition coefficient (Wildman–Crippen LogP) is 2.84. The van der Waals surface area contributed by atoms with Crippen molar-refractivity contribution in [3.8, 4) is 0 Å². The van der Waals surface area contributed by atoms with E-state index in [0.717, 1.165) is 32.9 Å². The van der Waals surface area contributed by atoms with Crippen molar-refractivity contribution in [3.05, 3.63) is 77.4 Å². The number of aliphatic hydroxyl groups excluding tert-OH is 1. The van der Waals surface area contributed by atoms with E-state index in [1.807, 2.05) is 34.9 Å². The molecule has 0 bridgehead atoms. The summed E-state index contributed by atoms with van der Waals surface area (Å²) >= 11 is 0. The van der Waals surface area contributed by atoms with Crippen LogP contribution < -0.4 is 5.73 Å². The molecule has 3 N–H and O–H groups in total. The van der Waals surface area contributed by atoms with E-state index in [1.165, 1.54) is 6.26 Å². The number of carbonyl (C=O) groups excluding carboxylic acids is 1. The number of fused-ring (bicyclic) bond motifs is 3. The van der Waals surface area contributed by atoms with Crippen LogP contribution in [0.25, 0.3) is 21.8 Å². The van der Waals surface area contributed by atoms with Crippen LogP contribution in [-0.2, 0) is 23.0 Å². The number of hydrogen-bond donors (Lipinski definition) is 2. The van der Waals surface area contributed by atoms with Gasteiger partial charge in [-0.05, 0) is 41.5 Å². The van der Waals surface area contributed by atoms with E-state index in [0.29, 0.717) is 12.1 Å². The van der Waals surface area contributed by atoms with Crippen LogP contribution in [0.15, 0.2) is 65.6 Å². The summed E-state index contributed by atoms with van der Waals surface area (Å²) in [5.74, 6) is -0.514. The molecule has 0 aliphatic rings. The quantitative estimate of drug-likeness (QED) is 0.530. The minimum atomic E-state index is -3.32. The highest BCUT2D eigenvalue weighted by atomic mass is 32.2. The van der Waals surface area contributed by atoms with E-state index in [-0.39, 0.29) is 11.5 Å². The first-order chi connectivity index (χ1) is 13.8. The van der Waals surface area contributed by atoms with E-state index in [9.17, 15) is 18.3 Å². The smallest absolute Gasteiger partial charge is 0.249 e. The summed E-state index contributed by atoms with van der Waals surface area (Å²) in [5, 5.41) is 11.2. The third-order valence-electron chi connectivity index (χ3n) is 5.07. The fraction of sp³-hybridized carbons (Fsp3) is 0.136. The van der Waals surface area contributed by atoms with Gasteiger partial charge in [0.15, 0.2) is 9.84 Å². The molecule has 7 heteroatoms. The molecule has 0 saturated heterocycles. The SMILES string of the molecule is CS(=O)(=O)c1cccc(Cn2c3cc(CO)ccc3c3c(C(N)=O)cccc32)c1. The lowest BCUT2D eigenvalue weighted by Gasteiger charge is -2.10. The molecule has 4 rings (SSSR count). The molecule has 0 spiro atoms. The van der Waals surface area contributed by atoms with Crippen LogP contribution in [0.5, 0.6) is 0 Å². The Morgan fingerprint density at radius 3 is 2.45 bits per heavy atom. The Labute approximate surface area is 168 Å². The third-order valence-corrected chi connectivity index (χ3v) is 6.18. The molecule has 29 heavy (non-hydrogen) atoms. The number of primary amides is 1. The highest BCUT2D eigenvalue weighted by molar-refractivity contribution is 7.90. The molecule has 0 aliphatic heterocycles. The first kappa shape index (κ1) is 19.2. The normalized spacial score (nSPS) is 11.9. The maximum atomic E-state index is 12.0. The van der Waals surface area contributed by atoms with Crippen LogP contribution in [0.3, 0.4) is 0 Å². The summed E-state index contributed by atoms with van der Waals surface area (Å²) in [5.41, 5.74) is 9.23. The molecule has 0 atom stereocenters. The average molecular weight is 408 g/mol. The molecule has 1 aromatic heterocycles. The fourth-order valence-electron chi connectivity index (χ4n) is 3.72. The number of nitrogens with two attached hydrogens (primary N) is 1. The Balaban J connectivity index is 2.00. The molecule has 3 aromatic carbocycles. The third kappa shape index (κ3) is 3.39. The van der Waals surface area contributed by atoms with E-state index in [4.69, 9.17) is 5.73 Å². The maximum Gasteiger partial charge on any atom is 0.249 e. The number of nitrogens with zero attached hydrogens (tertiary/aromatic N) is 1. The number of aliphatic hydroxyl groups is 1. The lowest BCUT2D eigenvalue weighted by molar-refractivity contribution is 0.100. The van der Waals surface area contributed by atoms with Crippen molar-refractivity contribution in [1.82, 2.24) is 4.57 Å². The van der Waals surface area contributed by atoms with E-state index >= 15 is 0 Å². The summed E-state index contributed by atoms with van der Waals surface area (Å²) in [7, 11) is -3.32. The fourth-order valence-corrected chi connectivity index (χ4v) is 4.41. The van der Waals surface area contributed by atoms with Crippen LogP contribution in [0.4, 0.5) is 0 Å². The Bertz CT molecular complexity index is 1370. The van der Waals surface area contributed by atoms with E-state index in [1.54, 1.807) is 30.3 Å². The Kier molecular flexibility index (Phi) is 4.64. The van der Waals surface area contributed by atoms with Gasteiger partial charge in [-0.2, -0.15) is 0 Å². The van der Waals surface area contributed by atoms with Crippen molar-refractivity contribution in [1.29, 1.82) is 0 Å². The van der Waals surface area contributed by atoms with Crippen LogP contribution in [0.1, 0.15) is 21.5 Å². The van der Waals surface area contributed by atoms with Crippen LogP contribution in [-0.4, -0.2) is 30.3 Å². The van der Waals surface area contributed by atoms with E-state index < -0.39 is 15.7 Å². The number of hydrogen-bond acceptors (Lipinski definition) is 4. The summed E-state index contributed by atoms with van der Waals surface area (Å²) in [6, 6.07) is 17.7. The first-order valence-corrected chi connectivity index (χ1v) is 10.9. The van der Waals surface area contributed by atoms with Crippen LogP contribution in [0, 0.1) is 0 Å². The molecule has 0 aliphatic carbocycles. The maximum absolute atomic E-state index is 12.0. The predicted molar refractivity (Wildman–Crippen MR) is 113 cm³/mol. The Hall–Kier alpha value is -3.16. The molecule has 0 fully saturated rings. The second kappa shape index (κ2) is 7.02. The number of rotatable bonds is 5. The second-order valence-electron chi connectivity index (χ2n) is 7.08. The highest BCUT2D eigenvalue weighted by Crippen LogP contribution is 2.33. The van der Waals surface area contributed by atoms with E-state index in [2.05, 4.69) is 0 Å². The molecule has 0 unspecified atom stereocenters. The molecule has 0 radical (unpaired) electrons. The highest BCUT2D eigenvalue weighted by Gasteiger charge is 2.17. The van der Waals surface area contributed by atoms with Gasteiger partial charge in [0.25, 0.3) is 0 Å². The van der Waals surface area contributed by atoms with Crippen molar-refractivity contribution in [2.24, 2.45) is 5.73 Å². The van der Waals surface area contributed by atoms with Gasteiger partial charge in [0.05, 0.1) is 17.0 Å². The Morgan fingerprint density at radius 1 is 1.00 bits per heavy atom. The number of carbonyl (C=O) groups is 1. The summed E-state index contributed by atoms with van der Waals surface area (Å²) in [6.45, 7) is 0.296. The lowest BCUT2D eigenvalue weighted by Crippen LogP contribution is -2.11.